The third-order valence-electron chi connectivity index (χ3n) is 4.00. The minimum Gasteiger partial charge on any atom is -0.453 e. The lowest BCUT2D eigenvalue weighted by molar-refractivity contribution is -0.138. The number of aliphatic hydroxyl groups is 1. The van der Waals surface area contributed by atoms with E-state index in [1.807, 2.05) is 0 Å². The molecule has 1 aliphatic carbocycles. The Morgan fingerprint density at radius 1 is 1.45 bits per heavy atom. The first kappa shape index (κ1) is 14.7. The van der Waals surface area contributed by atoms with Crippen LogP contribution >= 0.6 is 0 Å². The first-order valence-corrected chi connectivity index (χ1v) is 6.64. The highest BCUT2D eigenvalue weighted by Gasteiger charge is 2.45. The van der Waals surface area contributed by atoms with Crippen LogP contribution in [-0.4, -0.2) is 34.9 Å². The van der Waals surface area contributed by atoms with Crippen LogP contribution in [0.2, 0.25) is 0 Å². The van der Waals surface area contributed by atoms with Gasteiger partial charge in [-0.3, -0.25) is 4.79 Å². The molecule has 1 N–H and O–H groups in total. The smallest absolute Gasteiger partial charge is 0.334 e. The number of hydrogen-bond acceptors (Lipinski definition) is 5. The molecule has 1 heterocycles. The standard InChI is InChI=1S/C15H18O5/c1-7(16)4-5-10-8(2)15(19)20-14(10)13-9(3)11(17)6-12(13)18/h10-11,14,17H,2,4-6H2,1,3H3/t10-,11-,14+/m1/s1. The van der Waals surface area contributed by atoms with E-state index in [1.165, 1.54) is 6.92 Å². The number of carbonyl (C=O) groups excluding carboxylic acids is 3. The molecule has 0 aromatic heterocycles. The SMILES string of the molecule is C=C1C(=O)O[C@H](C2=C(C)[C@H](O)CC2=O)[C@@H]1CCC(C)=O. The highest BCUT2D eigenvalue weighted by atomic mass is 16.6. The van der Waals surface area contributed by atoms with Crippen molar-refractivity contribution in [3.8, 4) is 0 Å². The molecule has 5 heteroatoms. The summed E-state index contributed by atoms with van der Waals surface area (Å²) in [7, 11) is 0. The zero-order chi connectivity index (χ0) is 15.0. The Labute approximate surface area is 117 Å². The molecule has 0 amide bonds. The lowest BCUT2D eigenvalue weighted by atomic mass is 9.86. The van der Waals surface area contributed by atoms with Gasteiger partial charge in [0.05, 0.1) is 6.10 Å². The van der Waals surface area contributed by atoms with Crippen LogP contribution in [0.4, 0.5) is 0 Å². The van der Waals surface area contributed by atoms with Gasteiger partial charge in [-0.2, -0.15) is 0 Å². The second-order valence-electron chi connectivity index (χ2n) is 5.44. The van der Waals surface area contributed by atoms with Gasteiger partial charge in [0.1, 0.15) is 11.9 Å². The predicted octanol–water partition coefficient (Wildman–Crippen LogP) is 1.10. The van der Waals surface area contributed by atoms with Gasteiger partial charge in [-0.05, 0) is 25.8 Å². The summed E-state index contributed by atoms with van der Waals surface area (Å²) in [4.78, 5) is 34.8. The molecule has 108 valence electrons. The minimum absolute atomic E-state index is 0.0133. The summed E-state index contributed by atoms with van der Waals surface area (Å²) in [6.45, 7) is 6.85. The van der Waals surface area contributed by atoms with E-state index >= 15 is 0 Å². The quantitative estimate of drug-likeness (QED) is 0.615. The van der Waals surface area contributed by atoms with Gasteiger partial charge in [0.2, 0.25) is 0 Å². The summed E-state index contributed by atoms with van der Waals surface area (Å²) in [5.74, 6) is -1.08. The predicted molar refractivity (Wildman–Crippen MR) is 70.8 cm³/mol. The maximum absolute atomic E-state index is 12.0. The second-order valence-corrected chi connectivity index (χ2v) is 5.44. The van der Waals surface area contributed by atoms with Gasteiger partial charge in [-0.25, -0.2) is 4.79 Å². The molecule has 0 spiro atoms. The van der Waals surface area contributed by atoms with E-state index in [0.29, 0.717) is 29.6 Å². The fourth-order valence-electron chi connectivity index (χ4n) is 2.77. The zero-order valence-corrected chi connectivity index (χ0v) is 11.6. The molecule has 1 aliphatic heterocycles. The summed E-state index contributed by atoms with van der Waals surface area (Å²) in [6.07, 6.45) is -0.760. The fourth-order valence-corrected chi connectivity index (χ4v) is 2.77. The summed E-state index contributed by atoms with van der Waals surface area (Å²) < 4.78 is 5.25. The molecule has 3 atom stereocenters. The van der Waals surface area contributed by atoms with Gasteiger partial charge in [-0.15, -0.1) is 0 Å². The Hall–Kier alpha value is -1.75. The number of esters is 1. The normalized spacial score (nSPS) is 30.1. The van der Waals surface area contributed by atoms with Gasteiger partial charge in [-0.1, -0.05) is 6.58 Å². The molecule has 1 saturated heterocycles. The molecule has 0 saturated carbocycles. The number of rotatable bonds is 4. The second kappa shape index (κ2) is 5.32. The van der Waals surface area contributed by atoms with Crippen molar-refractivity contribution >= 4 is 17.5 Å². The van der Waals surface area contributed by atoms with Crippen LogP contribution in [0.15, 0.2) is 23.3 Å². The summed E-state index contributed by atoms with van der Waals surface area (Å²) >= 11 is 0. The third-order valence-corrected chi connectivity index (χ3v) is 4.00. The number of ketones is 2. The number of ether oxygens (including phenoxy) is 1. The van der Waals surface area contributed by atoms with Crippen LogP contribution in [0.3, 0.4) is 0 Å². The monoisotopic (exact) mass is 278 g/mol. The van der Waals surface area contributed by atoms with Crippen molar-refractivity contribution in [3.05, 3.63) is 23.3 Å². The van der Waals surface area contributed by atoms with E-state index in [1.54, 1.807) is 6.92 Å². The largest absolute Gasteiger partial charge is 0.453 e. The van der Waals surface area contributed by atoms with Crippen LogP contribution in [0.25, 0.3) is 0 Å². The highest BCUT2D eigenvalue weighted by molar-refractivity contribution is 6.02. The molecule has 5 nitrogen and oxygen atoms in total. The molecule has 20 heavy (non-hydrogen) atoms. The minimum atomic E-state index is -0.807. The summed E-state index contributed by atoms with van der Waals surface area (Å²) in [5.41, 5.74) is 1.22. The van der Waals surface area contributed by atoms with E-state index in [9.17, 15) is 19.5 Å². The topological polar surface area (TPSA) is 80.7 Å². The molecule has 2 rings (SSSR count). The Morgan fingerprint density at radius 3 is 2.60 bits per heavy atom. The molecule has 0 bridgehead atoms. The molecule has 0 aromatic carbocycles. The van der Waals surface area contributed by atoms with Crippen LogP contribution in [0, 0.1) is 5.92 Å². The van der Waals surface area contributed by atoms with Crippen LogP contribution in [-0.2, 0) is 19.1 Å². The van der Waals surface area contributed by atoms with Crippen LogP contribution in [0.5, 0.6) is 0 Å². The lowest BCUT2D eigenvalue weighted by Crippen LogP contribution is -2.24. The van der Waals surface area contributed by atoms with Crippen LogP contribution in [0.1, 0.15) is 33.1 Å². The Balaban J connectivity index is 2.29. The lowest BCUT2D eigenvalue weighted by Gasteiger charge is -2.18. The van der Waals surface area contributed by atoms with E-state index in [2.05, 4.69) is 6.58 Å². The van der Waals surface area contributed by atoms with E-state index < -0.39 is 18.2 Å². The summed E-state index contributed by atoms with van der Waals surface area (Å²) in [5, 5.41) is 9.74. The first-order chi connectivity index (χ1) is 9.32. The average molecular weight is 278 g/mol. The fraction of sp³-hybridized carbons (Fsp3) is 0.533. The maximum Gasteiger partial charge on any atom is 0.334 e. The average Bonchev–Trinajstić information content (AvgIpc) is 2.76. The van der Waals surface area contributed by atoms with E-state index in [4.69, 9.17) is 4.74 Å². The third kappa shape index (κ3) is 2.45. The zero-order valence-electron chi connectivity index (χ0n) is 11.6. The van der Waals surface area contributed by atoms with E-state index in [-0.39, 0.29) is 23.9 Å². The van der Waals surface area contributed by atoms with Crippen LogP contribution < -0.4 is 0 Å². The molecule has 0 aromatic rings. The van der Waals surface area contributed by atoms with Crippen molar-refractivity contribution in [2.45, 2.75) is 45.3 Å². The molecule has 0 radical (unpaired) electrons. The Kier molecular flexibility index (Phi) is 3.90. The molecular weight excluding hydrogens is 260 g/mol. The number of aliphatic hydroxyl groups excluding tert-OH is 1. The van der Waals surface area contributed by atoms with Gasteiger partial charge in [0.15, 0.2) is 5.78 Å². The molecular formula is C15H18O5. The highest BCUT2D eigenvalue weighted by Crippen LogP contribution is 2.39. The Morgan fingerprint density at radius 2 is 2.10 bits per heavy atom. The maximum atomic E-state index is 12.0. The van der Waals surface area contributed by atoms with Gasteiger partial charge < -0.3 is 14.6 Å². The first-order valence-electron chi connectivity index (χ1n) is 6.64. The molecule has 0 unspecified atom stereocenters. The van der Waals surface area contributed by atoms with Gasteiger partial charge >= 0.3 is 5.97 Å². The van der Waals surface area contributed by atoms with Gasteiger partial charge in [0, 0.05) is 29.9 Å². The van der Waals surface area contributed by atoms with Crippen molar-refractivity contribution in [1.29, 1.82) is 0 Å². The number of Topliss-reactive ketones (excluding diaryl/α,β-unsaturated/α-hetero) is 2. The van der Waals surface area contributed by atoms with Crippen molar-refractivity contribution in [1.82, 2.24) is 0 Å². The van der Waals surface area contributed by atoms with Crippen molar-refractivity contribution in [3.63, 3.8) is 0 Å². The number of hydrogen-bond donors (Lipinski definition) is 1. The number of carbonyl (C=O) groups is 3. The van der Waals surface area contributed by atoms with Crippen molar-refractivity contribution < 1.29 is 24.2 Å². The molecule has 1 fully saturated rings. The molecule has 2 aliphatic rings. The summed E-state index contributed by atoms with van der Waals surface area (Å²) in [6, 6.07) is 0. The van der Waals surface area contributed by atoms with Gasteiger partial charge in [0.25, 0.3) is 0 Å². The number of cyclic esters (lactones) is 1. The Bertz CT molecular complexity index is 528. The van der Waals surface area contributed by atoms with E-state index in [0.717, 1.165) is 0 Å². The van der Waals surface area contributed by atoms with Crippen molar-refractivity contribution in [2.75, 3.05) is 0 Å². The van der Waals surface area contributed by atoms with Crippen molar-refractivity contribution in [2.24, 2.45) is 5.92 Å².